The second-order valence-corrected chi connectivity index (χ2v) is 10.8. The van der Waals surface area contributed by atoms with Crippen molar-refractivity contribution in [3.63, 3.8) is 0 Å². The molecule has 2 aromatic rings. The number of esters is 1. The van der Waals surface area contributed by atoms with E-state index in [0.29, 0.717) is 6.54 Å². The Morgan fingerprint density at radius 1 is 1.23 bits per heavy atom. The number of benzene rings is 1. The van der Waals surface area contributed by atoms with E-state index in [-0.39, 0.29) is 36.9 Å². The zero-order valence-corrected chi connectivity index (χ0v) is 19.9. The van der Waals surface area contributed by atoms with Crippen LogP contribution >= 0.6 is 11.8 Å². The van der Waals surface area contributed by atoms with E-state index in [1.54, 1.807) is 22.6 Å². The molecule has 0 bridgehead atoms. The first kappa shape index (κ1) is 22.3. The van der Waals surface area contributed by atoms with Gasteiger partial charge in [0.05, 0.1) is 34.7 Å². The average molecular weight is 496 g/mol. The standard InChI is InChI=1S/C24H25N5O5S/c1-14(12-30)29-20-22(32)27(13-28-16-7-3-2-6-15(16)25-26-28)10-5-9-24(20)19(21(29)31)18-17(35-24)8-4-11-34-23(18)33/h2-9,14,17-20,30H,10-13H2,1H3/t14-,17+,18-,19+,20?,24+/m1/s1. The van der Waals surface area contributed by atoms with Crippen LogP contribution in [0.3, 0.4) is 0 Å². The predicted octanol–water partition coefficient (Wildman–Crippen LogP) is 0.578. The number of carbonyl (C=O) groups excluding carboxylic acids is 3. The minimum Gasteiger partial charge on any atom is -0.461 e. The summed E-state index contributed by atoms with van der Waals surface area (Å²) in [5.41, 5.74) is 1.53. The van der Waals surface area contributed by atoms with Gasteiger partial charge in [0.2, 0.25) is 11.8 Å². The lowest BCUT2D eigenvalue weighted by atomic mass is 9.78. The Balaban J connectivity index is 1.42. The average Bonchev–Trinajstić information content (AvgIpc) is 3.41. The Kier molecular flexibility index (Phi) is 5.22. The SMILES string of the molecule is C[C@H](CO)N1C(=O)[C@@H]2[C@@H]3C(=O)OCC=C[C@@H]3S[C@@]23C=CCN(Cn2nnc4ccccc42)C(=O)C13. The van der Waals surface area contributed by atoms with Crippen molar-refractivity contribution in [2.24, 2.45) is 11.8 Å². The highest BCUT2D eigenvalue weighted by Crippen LogP contribution is 2.61. The third-order valence-corrected chi connectivity index (χ3v) is 9.14. The number of cyclic esters (lactones) is 1. The number of likely N-dealkylation sites (tertiary alicyclic amines) is 1. The van der Waals surface area contributed by atoms with Crippen molar-refractivity contribution in [1.82, 2.24) is 24.8 Å². The Hall–Kier alpha value is -3.18. The molecule has 6 rings (SSSR count). The lowest BCUT2D eigenvalue weighted by Gasteiger charge is -2.37. The maximum Gasteiger partial charge on any atom is 0.311 e. The number of ether oxygens (including phenoxy) is 1. The number of aliphatic hydroxyl groups excluding tert-OH is 1. The molecule has 10 nitrogen and oxygen atoms in total. The first-order valence-electron chi connectivity index (χ1n) is 11.6. The summed E-state index contributed by atoms with van der Waals surface area (Å²) >= 11 is 1.48. The van der Waals surface area contributed by atoms with Crippen LogP contribution in [0.15, 0.2) is 48.6 Å². The van der Waals surface area contributed by atoms with Gasteiger partial charge in [-0.3, -0.25) is 14.4 Å². The molecule has 2 saturated heterocycles. The van der Waals surface area contributed by atoms with E-state index in [0.717, 1.165) is 11.0 Å². The molecule has 2 fully saturated rings. The Morgan fingerprint density at radius 3 is 2.89 bits per heavy atom. The molecule has 5 heterocycles. The van der Waals surface area contributed by atoms with Crippen molar-refractivity contribution in [3.05, 3.63) is 48.6 Å². The first-order valence-corrected chi connectivity index (χ1v) is 12.5. The van der Waals surface area contributed by atoms with Crippen LogP contribution in [0.25, 0.3) is 11.0 Å². The van der Waals surface area contributed by atoms with Gasteiger partial charge in [-0.25, -0.2) is 4.68 Å². The topological polar surface area (TPSA) is 118 Å². The van der Waals surface area contributed by atoms with E-state index < -0.39 is 34.6 Å². The van der Waals surface area contributed by atoms with Gasteiger partial charge in [0.25, 0.3) is 0 Å². The van der Waals surface area contributed by atoms with Crippen LogP contribution in [-0.2, 0) is 25.8 Å². The lowest BCUT2D eigenvalue weighted by Crippen LogP contribution is -2.56. The van der Waals surface area contributed by atoms with Crippen LogP contribution in [-0.4, -0.2) is 89.5 Å². The van der Waals surface area contributed by atoms with Gasteiger partial charge >= 0.3 is 5.97 Å². The van der Waals surface area contributed by atoms with E-state index in [1.165, 1.54) is 16.7 Å². The number of thioether (sulfide) groups is 1. The third kappa shape index (κ3) is 3.17. The van der Waals surface area contributed by atoms with Crippen LogP contribution in [0.1, 0.15) is 6.92 Å². The molecular weight excluding hydrogens is 470 g/mol. The van der Waals surface area contributed by atoms with Gasteiger partial charge in [0, 0.05) is 11.8 Å². The lowest BCUT2D eigenvalue weighted by molar-refractivity contribution is -0.152. The highest BCUT2D eigenvalue weighted by atomic mass is 32.2. The van der Waals surface area contributed by atoms with Crippen LogP contribution in [0.2, 0.25) is 0 Å². The van der Waals surface area contributed by atoms with Gasteiger partial charge in [-0.2, -0.15) is 0 Å². The van der Waals surface area contributed by atoms with E-state index in [2.05, 4.69) is 10.3 Å². The van der Waals surface area contributed by atoms with Crippen molar-refractivity contribution >= 4 is 40.6 Å². The summed E-state index contributed by atoms with van der Waals surface area (Å²) in [7, 11) is 0. The van der Waals surface area contributed by atoms with Crippen molar-refractivity contribution in [2.45, 2.75) is 35.7 Å². The fourth-order valence-electron chi connectivity index (χ4n) is 5.83. The summed E-state index contributed by atoms with van der Waals surface area (Å²) in [6, 6.07) is 6.06. The summed E-state index contributed by atoms with van der Waals surface area (Å²) in [5, 5.41) is 18.1. The van der Waals surface area contributed by atoms with Gasteiger partial charge in [0.1, 0.15) is 24.8 Å². The zero-order chi connectivity index (χ0) is 24.3. The molecule has 182 valence electrons. The van der Waals surface area contributed by atoms with E-state index in [4.69, 9.17) is 4.74 Å². The second kappa shape index (κ2) is 8.20. The van der Waals surface area contributed by atoms with Crippen molar-refractivity contribution < 1.29 is 24.2 Å². The summed E-state index contributed by atoms with van der Waals surface area (Å²) in [4.78, 5) is 44.1. The molecule has 1 unspecified atom stereocenters. The largest absolute Gasteiger partial charge is 0.461 e. The number of aliphatic hydroxyl groups is 1. The number of fused-ring (bicyclic) bond motifs is 3. The first-order chi connectivity index (χ1) is 17.0. The summed E-state index contributed by atoms with van der Waals surface area (Å²) in [6.07, 6.45) is 7.55. The Bertz CT molecular complexity index is 1280. The summed E-state index contributed by atoms with van der Waals surface area (Å²) in [5.74, 6) is -2.40. The Morgan fingerprint density at radius 2 is 2.06 bits per heavy atom. The molecule has 4 aliphatic heterocycles. The second-order valence-electron chi connectivity index (χ2n) is 9.36. The number of rotatable bonds is 4. The van der Waals surface area contributed by atoms with Crippen molar-refractivity contribution in [3.8, 4) is 0 Å². The fraction of sp³-hybridized carbons (Fsp3) is 0.458. The van der Waals surface area contributed by atoms with Crippen molar-refractivity contribution in [2.75, 3.05) is 19.8 Å². The number of hydrogen-bond donors (Lipinski definition) is 1. The smallest absolute Gasteiger partial charge is 0.311 e. The molecule has 1 aromatic heterocycles. The van der Waals surface area contributed by atoms with Gasteiger partial charge in [0.15, 0.2) is 0 Å². The summed E-state index contributed by atoms with van der Waals surface area (Å²) in [6.45, 7) is 2.09. The maximum absolute atomic E-state index is 14.2. The zero-order valence-electron chi connectivity index (χ0n) is 19.1. The van der Waals surface area contributed by atoms with Gasteiger partial charge < -0.3 is 19.6 Å². The predicted molar refractivity (Wildman–Crippen MR) is 127 cm³/mol. The maximum atomic E-state index is 14.2. The van der Waals surface area contributed by atoms with E-state index >= 15 is 0 Å². The molecule has 4 aliphatic rings. The van der Waals surface area contributed by atoms with Crippen LogP contribution < -0.4 is 0 Å². The minimum absolute atomic E-state index is 0.163. The highest BCUT2D eigenvalue weighted by molar-refractivity contribution is 8.02. The van der Waals surface area contributed by atoms with E-state index in [9.17, 15) is 19.5 Å². The van der Waals surface area contributed by atoms with Crippen LogP contribution in [0.4, 0.5) is 0 Å². The van der Waals surface area contributed by atoms with Gasteiger partial charge in [-0.1, -0.05) is 41.7 Å². The number of para-hydroxylation sites is 1. The summed E-state index contributed by atoms with van der Waals surface area (Å²) < 4.78 is 6.09. The van der Waals surface area contributed by atoms with Crippen molar-refractivity contribution in [1.29, 1.82) is 0 Å². The molecule has 11 heteroatoms. The number of carbonyl (C=O) groups is 3. The van der Waals surface area contributed by atoms with Crippen LogP contribution in [0.5, 0.6) is 0 Å². The normalized spacial score (nSPS) is 32.8. The molecule has 1 N–H and O–H groups in total. The Labute approximate surface area is 205 Å². The monoisotopic (exact) mass is 495 g/mol. The van der Waals surface area contributed by atoms with Crippen LogP contribution in [0, 0.1) is 11.8 Å². The van der Waals surface area contributed by atoms with Gasteiger partial charge in [-0.05, 0) is 19.1 Å². The fourth-order valence-corrected chi connectivity index (χ4v) is 7.82. The molecule has 0 radical (unpaired) electrons. The molecule has 2 amide bonds. The molecular formula is C24H25N5O5S. The molecule has 0 saturated carbocycles. The minimum atomic E-state index is -0.938. The number of aromatic nitrogens is 3. The molecule has 35 heavy (non-hydrogen) atoms. The van der Waals surface area contributed by atoms with E-state index in [1.807, 2.05) is 42.5 Å². The molecule has 1 aromatic carbocycles. The number of hydrogen-bond acceptors (Lipinski definition) is 8. The quantitative estimate of drug-likeness (QED) is 0.484. The molecule has 0 aliphatic carbocycles. The van der Waals surface area contributed by atoms with Gasteiger partial charge in [-0.15, -0.1) is 16.9 Å². The molecule has 1 spiro atoms. The number of nitrogens with zero attached hydrogens (tertiary/aromatic N) is 5. The highest BCUT2D eigenvalue weighted by Gasteiger charge is 2.71. The third-order valence-electron chi connectivity index (χ3n) is 7.40. The number of amides is 2. The molecule has 6 atom stereocenters.